The SMILES string of the molecule is Cc1cc(C(=O)NCCCc2ccc(N3CCCC3)cc2)ccc1[N+](=O)[O-]. The molecule has 0 saturated carbocycles. The number of nitro groups is 1. The third kappa shape index (κ3) is 4.84. The molecule has 1 heterocycles. The van der Waals surface area contributed by atoms with Gasteiger partial charge in [0.15, 0.2) is 0 Å². The van der Waals surface area contributed by atoms with Gasteiger partial charge in [-0.25, -0.2) is 0 Å². The van der Waals surface area contributed by atoms with Crippen molar-refractivity contribution in [2.75, 3.05) is 24.5 Å². The van der Waals surface area contributed by atoms with E-state index in [9.17, 15) is 14.9 Å². The van der Waals surface area contributed by atoms with Gasteiger partial charge in [0.1, 0.15) is 0 Å². The third-order valence-electron chi connectivity index (χ3n) is 4.99. The Labute approximate surface area is 159 Å². The Morgan fingerprint density at radius 2 is 1.85 bits per heavy atom. The van der Waals surface area contributed by atoms with Crippen LogP contribution in [0.25, 0.3) is 0 Å². The van der Waals surface area contributed by atoms with E-state index in [0.717, 1.165) is 25.9 Å². The van der Waals surface area contributed by atoms with Crippen LogP contribution in [0.5, 0.6) is 0 Å². The summed E-state index contributed by atoms with van der Waals surface area (Å²) in [5.41, 5.74) is 3.53. The minimum absolute atomic E-state index is 0.0314. The molecule has 1 N–H and O–H groups in total. The second-order valence-corrected chi connectivity index (χ2v) is 6.98. The summed E-state index contributed by atoms with van der Waals surface area (Å²) < 4.78 is 0. The third-order valence-corrected chi connectivity index (χ3v) is 4.99. The molecule has 2 aromatic carbocycles. The minimum Gasteiger partial charge on any atom is -0.372 e. The molecule has 6 nitrogen and oxygen atoms in total. The van der Waals surface area contributed by atoms with Gasteiger partial charge in [0, 0.05) is 42.5 Å². The predicted molar refractivity (Wildman–Crippen MR) is 106 cm³/mol. The highest BCUT2D eigenvalue weighted by Gasteiger charge is 2.14. The fourth-order valence-electron chi connectivity index (χ4n) is 3.45. The lowest BCUT2D eigenvalue weighted by molar-refractivity contribution is -0.385. The van der Waals surface area contributed by atoms with Crippen LogP contribution in [-0.2, 0) is 6.42 Å². The molecular weight excluding hydrogens is 342 g/mol. The number of hydrogen-bond acceptors (Lipinski definition) is 4. The number of nitro benzene ring substituents is 1. The lowest BCUT2D eigenvalue weighted by atomic mass is 10.1. The van der Waals surface area contributed by atoms with Crippen LogP contribution in [0.4, 0.5) is 11.4 Å². The Bertz CT molecular complexity index is 812. The molecule has 0 bridgehead atoms. The van der Waals surface area contributed by atoms with Gasteiger partial charge in [0.25, 0.3) is 11.6 Å². The Hall–Kier alpha value is -2.89. The van der Waals surface area contributed by atoms with Crippen LogP contribution in [0, 0.1) is 17.0 Å². The Morgan fingerprint density at radius 3 is 2.48 bits per heavy atom. The normalized spacial score (nSPS) is 13.6. The average Bonchev–Trinajstić information content (AvgIpc) is 3.20. The predicted octanol–water partition coefficient (Wildman–Crippen LogP) is 3.87. The summed E-state index contributed by atoms with van der Waals surface area (Å²) in [5.74, 6) is -0.197. The van der Waals surface area contributed by atoms with E-state index in [1.165, 1.54) is 36.2 Å². The molecule has 0 spiro atoms. The number of carbonyl (C=O) groups excluding carboxylic acids is 1. The summed E-state index contributed by atoms with van der Waals surface area (Å²) >= 11 is 0. The first-order valence-electron chi connectivity index (χ1n) is 9.42. The molecule has 1 aliphatic heterocycles. The number of carbonyl (C=O) groups is 1. The van der Waals surface area contributed by atoms with E-state index in [-0.39, 0.29) is 11.6 Å². The first-order valence-corrected chi connectivity index (χ1v) is 9.42. The second-order valence-electron chi connectivity index (χ2n) is 6.98. The fourth-order valence-corrected chi connectivity index (χ4v) is 3.45. The zero-order valence-electron chi connectivity index (χ0n) is 15.6. The molecule has 27 heavy (non-hydrogen) atoms. The van der Waals surface area contributed by atoms with Crippen LogP contribution in [0.3, 0.4) is 0 Å². The van der Waals surface area contributed by atoms with Gasteiger partial charge in [0.2, 0.25) is 0 Å². The number of amides is 1. The molecule has 1 aliphatic rings. The molecular formula is C21H25N3O3. The highest BCUT2D eigenvalue weighted by atomic mass is 16.6. The van der Waals surface area contributed by atoms with E-state index in [2.05, 4.69) is 34.5 Å². The maximum absolute atomic E-state index is 12.2. The second kappa shape index (κ2) is 8.66. The van der Waals surface area contributed by atoms with E-state index in [0.29, 0.717) is 17.7 Å². The summed E-state index contributed by atoms with van der Waals surface area (Å²) in [6.45, 7) is 4.50. The van der Waals surface area contributed by atoms with Crippen molar-refractivity contribution < 1.29 is 9.72 Å². The van der Waals surface area contributed by atoms with Crippen molar-refractivity contribution in [1.29, 1.82) is 0 Å². The number of rotatable bonds is 7. The number of nitrogens with one attached hydrogen (secondary N) is 1. The maximum atomic E-state index is 12.2. The average molecular weight is 367 g/mol. The topological polar surface area (TPSA) is 75.5 Å². The van der Waals surface area contributed by atoms with E-state index in [1.807, 2.05) is 0 Å². The van der Waals surface area contributed by atoms with Gasteiger partial charge in [-0.1, -0.05) is 12.1 Å². The molecule has 0 radical (unpaired) electrons. The number of aryl methyl sites for hydroxylation is 2. The van der Waals surface area contributed by atoms with Gasteiger partial charge >= 0.3 is 0 Å². The van der Waals surface area contributed by atoms with Gasteiger partial charge in [-0.3, -0.25) is 14.9 Å². The minimum atomic E-state index is -0.438. The van der Waals surface area contributed by atoms with Gasteiger partial charge < -0.3 is 10.2 Å². The zero-order chi connectivity index (χ0) is 19.2. The molecule has 2 aromatic rings. The van der Waals surface area contributed by atoms with Crippen LogP contribution in [0.1, 0.15) is 40.7 Å². The molecule has 6 heteroatoms. The molecule has 1 fully saturated rings. The van der Waals surface area contributed by atoms with Gasteiger partial charge in [-0.15, -0.1) is 0 Å². The van der Waals surface area contributed by atoms with Crippen LogP contribution < -0.4 is 10.2 Å². The van der Waals surface area contributed by atoms with Crippen molar-refractivity contribution >= 4 is 17.3 Å². The van der Waals surface area contributed by atoms with E-state index >= 15 is 0 Å². The van der Waals surface area contributed by atoms with Crippen molar-refractivity contribution in [1.82, 2.24) is 5.32 Å². The molecule has 0 aliphatic carbocycles. The first kappa shape index (κ1) is 18.9. The number of nitrogens with zero attached hydrogens (tertiary/aromatic N) is 2. The quantitative estimate of drug-likeness (QED) is 0.458. The summed E-state index contributed by atoms with van der Waals surface area (Å²) in [5, 5.41) is 13.7. The monoisotopic (exact) mass is 367 g/mol. The highest BCUT2D eigenvalue weighted by molar-refractivity contribution is 5.94. The van der Waals surface area contributed by atoms with Crippen molar-refractivity contribution in [3.05, 3.63) is 69.3 Å². The molecule has 1 saturated heterocycles. The van der Waals surface area contributed by atoms with Gasteiger partial charge in [-0.2, -0.15) is 0 Å². The fraction of sp³-hybridized carbons (Fsp3) is 0.381. The zero-order valence-corrected chi connectivity index (χ0v) is 15.6. The number of hydrogen-bond donors (Lipinski definition) is 1. The molecule has 1 amide bonds. The van der Waals surface area contributed by atoms with E-state index in [1.54, 1.807) is 13.0 Å². The van der Waals surface area contributed by atoms with Crippen LogP contribution in [0.15, 0.2) is 42.5 Å². The Balaban J connectivity index is 1.45. The van der Waals surface area contributed by atoms with Gasteiger partial charge in [0.05, 0.1) is 4.92 Å². The molecule has 0 atom stereocenters. The first-order chi connectivity index (χ1) is 13.0. The van der Waals surface area contributed by atoms with Crippen LogP contribution in [0.2, 0.25) is 0 Å². The van der Waals surface area contributed by atoms with E-state index in [4.69, 9.17) is 0 Å². The van der Waals surface area contributed by atoms with Crippen molar-refractivity contribution in [2.24, 2.45) is 0 Å². The lowest BCUT2D eigenvalue weighted by Gasteiger charge is -2.17. The molecule has 3 rings (SSSR count). The lowest BCUT2D eigenvalue weighted by Crippen LogP contribution is -2.24. The van der Waals surface area contributed by atoms with Crippen LogP contribution >= 0.6 is 0 Å². The Kier molecular flexibility index (Phi) is 6.06. The van der Waals surface area contributed by atoms with Gasteiger partial charge in [-0.05, 0) is 62.4 Å². The largest absolute Gasteiger partial charge is 0.372 e. The number of anilines is 1. The summed E-state index contributed by atoms with van der Waals surface area (Å²) in [4.78, 5) is 25.0. The summed E-state index contributed by atoms with van der Waals surface area (Å²) in [6, 6.07) is 13.1. The molecule has 142 valence electrons. The number of benzene rings is 2. The standard InChI is InChI=1S/C21H25N3O3/c1-16-15-18(8-11-20(16)24(26)27)21(25)22-12-4-5-17-6-9-19(10-7-17)23-13-2-3-14-23/h6-11,15H,2-5,12-14H2,1H3,(H,22,25). The smallest absolute Gasteiger partial charge is 0.272 e. The van der Waals surface area contributed by atoms with Crippen molar-refractivity contribution in [3.8, 4) is 0 Å². The summed E-state index contributed by atoms with van der Waals surface area (Å²) in [6.07, 6.45) is 4.30. The maximum Gasteiger partial charge on any atom is 0.272 e. The highest BCUT2D eigenvalue weighted by Crippen LogP contribution is 2.21. The Morgan fingerprint density at radius 1 is 1.15 bits per heavy atom. The van der Waals surface area contributed by atoms with E-state index < -0.39 is 4.92 Å². The van der Waals surface area contributed by atoms with Crippen molar-refractivity contribution in [2.45, 2.75) is 32.6 Å². The molecule has 0 aromatic heterocycles. The van der Waals surface area contributed by atoms with Crippen molar-refractivity contribution in [3.63, 3.8) is 0 Å². The van der Waals surface area contributed by atoms with Crippen LogP contribution in [-0.4, -0.2) is 30.5 Å². The molecule has 0 unspecified atom stereocenters. The summed E-state index contributed by atoms with van der Waals surface area (Å²) in [7, 11) is 0.